The Morgan fingerprint density at radius 2 is 2.12 bits per heavy atom. The van der Waals surface area contributed by atoms with Crippen LogP contribution < -0.4 is 10.6 Å². The standard InChI is InChI=1S/C18H26ClN3O4/c1-18(2,3)22(17(24)25)10-12-4-5-14(19)8-13(12)9-21-16(23)15-11-26-7-6-20-15/h4-5,8,15,20H,6-7,9-11H2,1-3H3,(H,21,23)(H,24,25). The van der Waals surface area contributed by atoms with E-state index in [4.69, 9.17) is 16.3 Å². The molecular weight excluding hydrogens is 358 g/mol. The number of hydrogen-bond acceptors (Lipinski definition) is 4. The summed E-state index contributed by atoms with van der Waals surface area (Å²) in [6.07, 6.45) is -0.994. The van der Waals surface area contributed by atoms with E-state index in [9.17, 15) is 14.7 Å². The van der Waals surface area contributed by atoms with Crippen molar-refractivity contribution < 1.29 is 19.4 Å². The van der Waals surface area contributed by atoms with Crippen LogP contribution in [0.4, 0.5) is 4.79 Å². The summed E-state index contributed by atoms with van der Waals surface area (Å²) in [6.45, 7) is 7.58. The van der Waals surface area contributed by atoms with Crippen LogP contribution in [0.25, 0.3) is 0 Å². The lowest BCUT2D eigenvalue weighted by Gasteiger charge is -2.33. The van der Waals surface area contributed by atoms with Gasteiger partial charge < -0.3 is 20.5 Å². The van der Waals surface area contributed by atoms with E-state index in [1.165, 1.54) is 4.90 Å². The second-order valence-corrected chi connectivity index (χ2v) is 7.69. The number of morpholine rings is 1. The number of rotatable bonds is 5. The van der Waals surface area contributed by atoms with Gasteiger partial charge in [-0.25, -0.2) is 4.79 Å². The van der Waals surface area contributed by atoms with Gasteiger partial charge in [-0.15, -0.1) is 0 Å². The minimum absolute atomic E-state index is 0.151. The molecule has 1 aliphatic rings. The average Bonchev–Trinajstić information content (AvgIpc) is 2.58. The zero-order valence-corrected chi connectivity index (χ0v) is 16.1. The quantitative estimate of drug-likeness (QED) is 0.725. The Morgan fingerprint density at radius 1 is 1.38 bits per heavy atom. The number of nitrogens with one attached hydrogen (secondary N) is 2. The third-order valence-electron chi connectivity index (χ3n) is 4.23. The van der Waals surface area contributed by atoms with E-state index in [1.54, 1.807) is 18.2 Å². The Bertz CT molecular complexity index is 654. The average molecular weight is 384 g/mol. The first-order valence-corrected chi connectivity index (χ1v) is 8.93. The van der Waals surface area contributed by atoms with Gasteiger partial charge in [0.15, 0.2) is 0 Å². The van der Waals surface area contributed by atoms with Crippen LogP contribution in [0, 0.1) is 0 Å². The van der Waals surface area contributed by atoms with E-state index in [0.29, 0.717) is 24.8 Å². The molecule has 1 heterocycles. The SMILES string of the molecule is CC(C)(C)N(Cc1ccc(Cl)cc1CNC(=O)C1COCCN1)C(=O)O. The van der Waals surface area contributed by atoms with Crippen molar-refractivity contribution in [2.75, 3.05) is 19.8 Å². The number of ether oxygens (including phenoxy) is 1. The van der Waals surface area contributed by atoms with Gasteiger partial charge in [-0.1, -0.05) is 17.7 Å². The van der Waals surface area contributed by atoms with Crippen molar-refractivity contribution in [3.05, 3.63) is 34.3 Å². The lowest BCUT2D eigenvalue weighted by molar-refractivity contribution is -0.126. The van der Waals surface area contributed by atoms with E-state index in [-0.39, 0.29) is 25.0 Å². The lowest BCUT2D eigenvalue weighted by Crippen LogP contribution is -2.51. The monoisotopic (exact) mass is 383 g/mol. The van der Waals surface area contributed by atoms with Crippen LogP contribution in [0.2, 0.25) is 5.02 Å². The topological polar surface area (TPSA) is 90.9 Å². The van der Waals surface area contributed by atoms with Crippen LogP contribution in [0.3, 0.4) is 0 Å². The highest BCUT2D eigenvalue weighted by Crippen LogP contribution is 2.22. The highest BCUT2D eigenvalue weighted by Gasteiger charge is 2.27. The number of carboxylic acid groups (broad SMARTS) is 1. The molecule has 0 aliphatic carbocycles. The molecule has 26 heavy (non-hydrogen) atoms. The minimum Gasteiger partial charge on any atom is -0.465 e. The summed E-state index contributed by atoms with van der Waals surface area (Å²) in [7, 11) is 0. The molecule has 1 aliphatic heterocycles. The molecule has 1 atom stereocenters. The number of benzene rings is 1. The van der Waals surface area contributed by atoms with Crippen LogP contribution in [0.15, 0.2) is 18.2 Å². The van der Waals surface area contributed by atoms with Gasteiger partial charge in [0.25, 0.3) is 0 Å². The van der Waals surface area contributed by atoms with Gasteiger partial charge in [-0.3, -0.25) is 9.69 Å². The molecule has 1 fully saturated rings. The largest absolute Gasteiger partial charge is 0.465 e. The molecule has 0 spiro atoms. The fourth-order valence-electron chi connectivity index (χ4n) is 2.71. The second kappa shape index (κ2) is 8.70. The van der Waals surface area contributed by atoms with Gasteiger partial charge in [0.2, 0.25) is 5.91 Å². The fourth-order valence-corrected chi connectivity index (χ4v) is 2.91. The van der Waals surface area contributed by atoms with Gasteiger partial charge in [0.05, 0.1) is 13.2 Å². The number of carbonyl (C=O) groups excluding carboxylic acids is 1. The maximum atomic E-state index is 12.3. The Kier molecular flexibility index (Phi) is 6.86. The van der Waals surface area contributed by atoms with Crippen LogP contribution in [-0.2, 0) is 22.6 Å². The summed E-state index contributed by atoms with van der Waals surface area (Å²) in [5.41, 5.74) is 1.05. The normalized spacial score (nSPS) is 17.6. The van der Waals surface area contributed by atoms with Crippen molar-refractivity contribution in [1.29, 1.82) is 0 Å². The van der Waals surface area contributed by atoms with Gasteiger partial charge in [0.1, 0.15) is 6.04 Å². The summed E-state index contributed by atoms with van der Waals surface area (Å²) in [5, 5.41) is 16.0. The third-order valence-corrected chi connectivity index (χ3v) is 4.46. The maximum absolute atomic E-state index is 12.3. The summed E-state index contributed by atoms with van der Waals surface area (Å²) in [5.74, 6) is -0.151. The van der Waals surface area contributed by atoms with Gasteiger partial charge in [-0.2, -0.15) is 0 Å². The van der Waals surface area contributed by atoms with E-state index >= 15 is 0 Å². The first-order chi connectivity index (χ1) is 12.2. The number of carbonyl (C=O) groups is 2. The zero-order chi connectivity index (χ0) is 19.3. The van der Waals surface area contributed by atoms with Crippen molar-refractivity contribution in [3.8, 4) is 0 Å². The van der Waals surface area contributed by atoms with Crippen molar-refractivity contribution in [2.45, 2.75) is 45.4 Å². The summed E-state index contributed by atoms with van der Waals surface area (Å²) in [6, 6.07) is 4.90. The van der Waals surface area contributed by atoms with E-state index < -0.39 is 11.6 Å². The second-order valence-electron chi connectivity index (χ2n) is 7.25. The molecule has 1 aromatic rings. The molecule has 0 radical (unpaired) electrons. The third kappa shape index (κ3) is 5.59. The molecule has 1 aromatic carbocycles. The Labute approximate surface area is 158 Å². The predicted octanol–water partition coefficient (Wildman–Crippen LogP) is 2.22. The van der Waals surface area contributed by atoms with Crippen molar-refractivity contribution in [3.63, 3.8) is 0 Å². The molecule has 1 unspecified atom stereocenters. The summed E-state index contributed by atoms with van der Waals surface area (Å²) >= 11 is 6.09. The molecule has 0 saturated carbocycles. The molecule has 0 bridgehead atoms. The molecule has 2 rings (SSSR count). The highest BCUT2D eigenvalue weighted by molar-refractivity contribution is 6.30. The number of halogens is 1. The molecule has 8 heteroatoms. The fraction of sp³-hybridized carbons (Fsp3) is 0.556. The van der Waals surface area contributed by atoms with E-state index in [2.05, 4.69) is 10.6 Å². The molecule has 144 valence electrons. The molecular formula is C18H26ClN3O4. The summed E-state index contributed by atoms with van der Waals surface area (Å²) in [4.78, 5) is 25.2. The van der Waals surface area contributed by atoms with Crippen molar-refractivity contribution in [2.24, 2.45) is 0 Å². The number of amides is 2. The Morgan fingerprint density at radius 3 is 2.69 bits per heavy atom. The molecule has 0 aromatic heterocycles. The summed E-state index contributed by atoms with van der Waals surface area (Å²) < 4.78 is 5.30. The Hall–Kier alpha value is -1.83. The minimum atomic E-state index is -0.994. The van der Waals surface area contributed by atoms with Crippen LogP contribution in [0.1, 0.15) is 31.9 Å². The van der Waals surface area contributed by atoms with Crippen LogP contribution in [-0.4, -0.2) is 53.3 Å². The number of nitrogens with zero attached hydrogens (tertiary/aromatic N) is 1. The van der Waals surface area contributed by atoms with Crippen molar-refractivity contribution in [1.82, 2.24) is 15.5 Å². The lowest BCUT2D eigenvalue weighted by atomic mass is 10.0. The van der Waals surface area contributed by atoms with Crippen LogP contribution in [0.5, 0.6) is 0 Å². The maximum Gasteiger partial charge on any atom is 0.408 e. The predicted molar refractivity (Wildman–Crippen MR) is 99.2 cm³/mol. The zero-order valence-electron chi connectivity index (χ0n) is 15.3. The van der Waals surface area contributed by atoms with E-state index in [1.807, 2.05) is 20.8 Å². The molecule has 3 N–H and O–H groups in total. The number of hydrogen-bond donors (Lipinski definition) is 3. The van der Waals surface area contributed by atoms with Crippen LogP contribution >= 0.6 is 11.6 Å². The molecule has 1 saturated heterocycles. The molecule has 7 nitrogen and oxygen atoms in total. The van der Waals surface area contributed by atoms with Gasteiger partial charge in [-0.05, 0) is 44.0 Å². The van der Waals surface area contributed by atoms with E-state index in [0.717, 1.165) is 11.1 Å². The van der Waals surface area contributed by atoms with Gasteiger partial charge in [0, 0.05) is 30.2 Å². The molecule has 2 amide bonds. The van der Waals surface area contributed by atoms with Crippen molar-refractivity contribution >= 4 is 23.6 Å². The Balaban J connectivity index is 2.11. The first-order valence-electron chi connectivity index (χ1n) is 8.55. The highest BCUT2D eigenvalue weighted by atomic mass is 35.5. The smallest absolute Gasteiger partial charge is 0.408 e. The van der Waals surface area contributed by atoms with Gasteiger partial charge >= 0.3 is 6.09 Å². The first kappa shape index (κ1) is 20.5.